The molecule has 2 aromatic rings. The molecule has 0 saturated carbocycles. The van der Waals surface area contributed by atoms with Crippen molar-refractivity contribution >= 4 is 29.4 Å². The molecule has 0 radical (unpaired) electrons. The van der Waals surface area contributed by atoms with Gasteiger partial charge in [0.2, 0.25) is 0 Å². The number of nitrogens with one attached hydrogen (secondary N) is 1. The third-order valence-electron chi connectivity index (χ3n) is 6.11. The number of fused-ring (bicyclic) bond motifs is 2. The molecule has 2 N–H and O–H groups in total. The molecular formula is C26H26N2O8. The number of imide groups is 2. The summed E-state index contributed by atoms with van der Waals surface area (Å²) in [7, 11) is 0. The van der Waals surface area contributed by atoms with Crippen LogP contribution in [0.15, 0.2) is 36.4 Å². The lowest BCUT2D eigenvalue weighted by Gasteiger charge is -2.24. The van der Waals surface area contributed by atoms with Gasteiger partial charge in [0.25, 0.3) is 23.6 Å². The Labute approximate surface area is 207 Å². The van der Waals surface area contributed by atoms with Gasteiger partial charge in [-0.15, -0.1) is 0 Å². The molecule has 36 heavy (non-hydrogen) atoms. The molecule has 2 aliphatic rings. The summed E-state index contributed by atoms with van der Waals surface area (Å²) in [5.74, 6) is -2.55. The van der Waals surface area contributed by atoms with Crippen LogP contribution in [0.5, 0.6) is 0 Å². The Morgan fingerprint density at radius 3 is 2.03 bits per heavy atom. The Hall–Kier alpha value is -3.73. The number of ketones is 1. The van der Waals surface area contributed by atoms with E-state index in [4.69, 9.17) is 14.6 Å². The van der Waals surface area contributed by atoms with Gasteiger partial charge >= 0.3 is 0 Å². The number of hydrogen-bond donors (Lipinski definition) is 2. The second-order valence-corrected chi connectivity index (χ2v) is 8.93. The fourth-order valence-corrected chi connectivity index (χ4v) is 4.06. The highest BCUT2D eigenvalue weighted by molar-refractivity contribution is 6.24. The Kier molecular flexibility index (Phi) is 7.11. The SMILES string of the molecule is CC(CO)OCC(C)OCC(C)N1C(=O)c2ccc(C(=O)c3ccc4c(c3)C(=O)NC4=O)cc2C1=O. The number of carbonyl (C=O) groups is 5. The third-order valence-corrected chi connectivity index (χ3v) is 6.11. The van der Waals surface area contributed by atoms with Crippen molar-refractivity contribution in [2.45, 2.75) is 39.0 Å². The summed E-state index contributed by atoms with van der Waals surface area (Å²) < 4.78 is 11.1. The van der Waals surface area contributed by atoms with Gasteiger partial charge in [-0.2, -0.15) is 0 Å². The van der Waals surface area contributed by atoms with Gasteiger partial charge < -0.3 is 14.6 Å². The number of carbonyl (C=O) groups excluding carboxylic acids is 5. The molecule has 4 amide bonds. The zero-order valence-electron chi connectivity index (χ0n) is 20.1. The summed E-state index contributed by atoms with van der Waals surface area (Å²) in [6.07, 6.45) is -0.636. The van der Waals surface area contributed by atoms with Gasteiger partial charge in [0.15, 0.2) is 5.78 Å². The lowest BCUT2D eigenvalue weighted by molar-refractivity contribution is -0.0530. The summed E-state index contributed by atoms with van der Waals surface area (Å²) >= 11 is 0. The molecule has 0 bridgehead atoms. The van der Waals surface area contributed by atoms with Crippen LogP contribution >= 0.6 is 0 Å². The fourth-order valence-electron chi connectivity index (χ4n) is 4.06. The molecule has 0 spiro atoms. The van der Waals surface area contributed by atoms with Crippen molar-refractivity contribution in [1.82, 2.24) is 10.2 Å². The minimum absolute atomic E-state index is 0.0885. The average Bonchev–Trinajstić information content (AvgIpc) is 3.31. The summed E-state index contributed by atoms with van der Waals surface area (Å²) in [5.41, 5.74) is 0.968. The van der Waals surface area contributed by atoms with E-state index in [0.29, 0.717) is 0 Å². The standard InChI is InChI=1S/C26H26N2O8/c1-13(11-35-15(3)12-36-14(2)10-29)28-25(33)19-7-5-17(9-21(19)26(28)34)22(30)16-4-6-18-20(8-16)24(32)27-23(18)31/h4-9,13-15,29H,10-12H2,1-3H3,(H,27,31,32). The largest absolute Gasteiger partial charge is 0.394 e. The highest BCUT2D eigenvalue weighted by atomic mass is 16.5. The van der Waals surface area contributed by atoms with E-state index in [0.717, 1.165) is 4.90 Å². The normalized spacial score (nSPS) is 17.1. The number of benzene rings is 2. The number of hydrogen-bond acceptors (Lipinski definition) is 8. The van der Waals surface area contributed by atoms with Crippen molar-refractivity contribution in [2.24, 2.45) is 0 Å². The molecular weight excluding hydrogens is 468 g/mol. The van der Waals surface area contributed by atoms with E-state index in [2.05, 4.69) is 5.32 Å². The topological polar surface area (TPSA) is 139 Å². The van der Waals surface area contributed by atoms with Crippen molar-refractivity contribution in [1.29, 1.82) is 0 Å². The Morgan fingerprint density at radius 2 is 1.36 bits per heavy atom. The molecule has 10 heteroatoms. The predicted molar refractivity (Wildman–Crippen MR) is 126 cm³/mol. The molecule has 0 fully saturated rings. The Balaban J connectivity index is 1.47. The summed E-state index contributed by atoms with van der Waals surface area (Å²) in [6.45, 7) is 5.44. The minimum atomic E-state index is -0.574. The van der Waals surface area contributed by atoms with E-state index in [9.17, 15) is 24.0 Å². The van der Waals surface area contributed by atoms with E-state index in [-0.39, 0.29) is 65.4 Å². The van der Waals surface area contributed by atoms with Crippen molar-refractivity contribution in [3.8, 4) is 0 Å². The molecule has 0 aliphatic carbocycles. The first-order valence-corrected chi connectivity index (χ1v) is 11.5. The summed E-state index contributed by atoms with van der Waals surface area (Å²) in [6, 6.07) is 7.89. The monoisotopic (exact) mass is 494 g/mol. The lowest BCUT2D eigenvalue weighted by atomic mass is 9.96. The predicted octanol–water partition coefficient (Wildman–Crippen LogP) is 1.59. The minimum Gasteiger partial charge on any atom is -0.394 e. The lowest BCUT2D eigenvalue weighted by Crippen LogP contribution is -2.41. The van der Waals surface area contributed by atoms with E-state index in [1.54, 1.807) is 20.8 Å². The van der Waals surface area contributed by atoms with Gasteiger partial charge in [0, 0.05) is 11.1 Å². The van der Waals surface area contributed by atoms with Crippen LogP contribution < -0.4 is 5.32 Å². The second-order valence-electron chi connectivity index (χ2n) is 8.93. The maximum atomic E-state index is 13.1. The third kappa shape index (κ3) is 4.70. The maximum absolute atomic E-state index is 13.1. The summed E-state index contributed by atoms with van der Waals surface area (Å²) in [5, 5.41) is 11.2. The number of aliphatic hydroxyl groups is 1. The van der Waals surface area contributed by atoms with Crippen LogP contribution in [0, 0.1) is 0 Å². The van der Waals surface area contributed by atoms with E-state index in [1.165, 1.54) is 36.4 Å². The summed E-state index contributed by atoms with van der Waals surface area (Å²) in [4.78, 5) is 63.9. The van der Waals surface area contributed by atoms with Crippen LogP contribution in [-0.2, 0) is 9.47 Å². The molecule has 188 valence electrons. The van der Waals surface area contributed by atoms with E-state index >= 15 is 0 Å². The fraction of sp³-hybridized carbons (Fsp3) is 0.346. The van der Waals surface area contributed by atoms with Gasteiger partial charge in [-0.1, -0.05) is 12.1 Å². The van der Waals surface area contributed by atoms with Gasteiger partial charge in [-0.3, -0.25) is 34.2 Å². The van der Waals surface area contributed by atoms with Crippen molar-refractivity contribution in [2.75, 3.05) is 19.8 Å². The van der Waals surface area contributed by atoms with Gasteiger partial charge in [-0.25, -0.2) is 0 Å². The van der Waals surface area contributed by atoms with Crippen LogP contribution in [0.25, 0.3) is 0 Å². The number of aliphatic hydroxyl groups excluding tert-OH is 1. The molecule has 10 nitrogen and oxygen atoms in total. The highest BCUT2D eigenvalue weighted by Crippen LogP contribution is 2.27. The molecule has 0 saturated heterocycles. The van der Waals surface area contributed by atoms with Crippen LogP contribution in [-0.4, -0.2) is 77.5 Å². The first kappa shape index (κ1) is 25.4. The Bertz CT molecular complexity index is 1270. The number of nitrogens with zero attached hydrogens (tertiary/aromatic N) is 1. The van der Waals surface area contributed by atoms with Crippen molar-refractivity contribution in [3.63, 3.8) is 0 Å². The first-order chi connectivity index (χ1) is 17.1. The van der Waals surface area contributed by atoms with Gasteiger partial charge in [0.05, 0.1) is 60.3 Å². The van der Waals surface area contributed by atoms with Crippen LogP contribution in [0.2, 0.25) is 0 Å². The van der Waals surface area contributed by atoms with Crippen molar-refractivity contribution in [3.05, 3.63) is 69.8 Å². The van der Waals surface area contributed by atoms with Gasteiger partial charge in [0.1, 0.15) is 0 Å². The smallest absolute Gasteiger partial charge is 0.261 e. The molecule has 2 aromatic carbocycles. The number of amides is 4. The first-order valence-electron chi connectivity index (χ1n) is 11.5. The van der Waals surface area contributed by atoms with E-state index in [1.807, 2.05) is 0 Å². The Morgan fingerprint density at radius 1 is 0.806 bits per heavy atom. The zero-order valence-corrected chi connectivity index (χ0v) is 20.1. The molecule has 3 unspecified atom stereocenters. The number of rotatable bonds is 10. The van der Waals surface area contributed by atoms with Gasteiger partial charge in [-0.05, 0) is 45.0 Å². The van der Waals surface area contributed by atoms with E-state index < -0.39 is 35.5 Å². The highest BCUT2D eigenvalue weighted by Gasteiger charge is 2.39. The molecule has 0 aromatic heterocycles. The number of ether oxygens (including phenoxy) is 2. The maximum Gasteiger partial charge on any atom is 0.261 e. The molecule has 3 atom stereocenters. The molecule has 4 rings (SSSR count). The second kappa shape index (κ2) is 10.1. The van der Waals surface area contributed by atoms with Crippen LogP contribution in [0.3, 0.4) is 0 Å². The van der Waals surface area contributed by atoms with Crippen LogP contribution in [0.4, 0.5) is 0 Å². The van der Waals surface area contributed by atoms with Crippen LogP contribution in [0.1, 0.15) is 78.1 Å². The molecule has 2 heterocycles. The quantitative estimate of drug-likeness (QED) is 0.375. The van der Waals surface area contributed by atoms with Crippen molar-refractivity contribution < 1.29 is 38.6 Å². The molecule has 2 aliphatic heterocycles. The zero-order chi connectivity index (χ0) is 26.1. The average molecular weight is 495 g/mol.